The van der Waals surface area contributed by atoms with Crippen molar-refractivity contribution in [3.05, 3.63) is 0 Å². The Morgan fingerprint density at radius 3 is 2.43 bits per heavy atom. The van der Waals surface area contributed by atoms with Crippen molar-refractivity contribution in [2.24, 2.45) is 0 Å². The van der Waals surface area contributed by atoms with E-state index < -0.39 is 5.97 Å². The maximum absolute atomic E-state index is 11.5. The fourth-order valence-corrected chi connectivity index (χ4v) is 1.42. The molecular weight excluding hydrogens is 202 g/mol. The van der Waals surface area contributed by atoms with Crippen LogP contribution in [0.2, 0.25) is 0 Å². The number of amides is 1. The summed E-state index contributed by atoms with van der Waals surface area (Å²) in [5.41, 5.74) is 0. The first-order valence-electron chi connectivity index (χ1n) is 4.60. The molecule has 0 fully saturated rings. The van der Waals surface area contributed by atoms with Gasteiger partial charge in [-0.15, -0.1) is 0 Å². The molecule has 0 aromatic heterocycles. The third kappa shape index (κ3) is 5.85. The smallest absolute Gasteiger partial charge is 0.305 e. The van der Waals surface area contributed by atoms with Crippen LogP contribution < -0.4 is 0 Å². The van der Waals surface area contributed by atoms with E-state index in [2.05, 4.69) is 0 Å². The van der Waals surface area contributed by atoms with Crippen LogP contribution in [0.25, 0.3) is 0 Å². The van der Waals surface area contributed by atoms with Crippen molar-refractivity contribution in [1.82, 2.24) is 4.90 Å². The molecule has 0 radical (unpaired) electrons. The van der Waals surface area contributed by atoms with Crippen LogP contribution in [0, 0.1) is 0 Å². The first kappa shape index (κ1) is 13.3. The van der Waals surface area contributed by atoms with Crippen LogP contribution in [0.3, 0.4) is 0 Å². The van der Waals surface area contributed by atoms with Gasteiger partial charge in [0.15, 0.2) is 0 Å². The first-order valence-corrected chi connectivity index (χ1v) is 5.99. The Kier molecular flexibility index (Phi) is 7.28. The summed E-state index contributed by atoms with van der Waals surface area (Å²) in [5, 5.41) is 8.47. The van der Waals surface area contributed by atoms with Crippen molar-refractivity contribution in [1.29, 1.82) is 0 Å². The van der Waals surface area contributed by atoms with Crippen LogP contribution in [0.4, 0.5) is 0 Å². The van der Waals surface area contributed by atoms with Gasteiger partial charge in [0, 0.05) is 25.3 Å². The van der Waals surface area contributed by atoms with Gasteiger partial charge < -0.3 is 10.0 Å². The zero-order chi connectivity index (χ0) is 11.0. The lowest BCUT2D eigenvalue weighted by Gasteiger charge is -2.19. The summed E-state index contributed by atoms with van der Waals surface area (Å²) in [6.45, 7) is 2.76. The Morgan fingerprint density at radius 1 is 1.36 bits per heavy atom. The minimum Gasteiger partial charge on any atom is -0.481 e. The Bertz CT molecular complexity index is 196. The zero-order valence-corrected chi connectivity index (χ0v) is 9.47. The molecule has 0 aromatic carbocycles. The third-order valence-corrected chi connectivity index (χ3v) is 2.46. The van der Waals surface area contributed by atoms with Gasteiger partial charge in [-0.1, -0.05) is 0 Å². The van der Waals surface area contributed by atoms with E-state index in [1.165, 1.54) is 0 Å². The number of hydrogen-bond acceptors (Lipinski definition) is 3. The number of thioether (sulfide) groups is 1. The lowest BCUT2D eigenvalue weighted by atomic mass is 10.3. The second kappa shape index (κ2) is 7.67. The molecule has 0 aliphatic carbocycles. The molecule has 0 aliphatic heterocycles. The number of carboxylic acid groups (broad SMARTS) is 1. The summed E-state index contributed by atoms with van der Waals surface area (Å²) in [7, 11) is 0. The standard InChI is InChI=1S/C9H17NO3S/c1-3-10(6-4-9(12)13)8(11)5-7-14-2/h3-7H2,1-2H3,(H,12,13). The summed E-state index contributed by atoms with van der Waals surface area (Å²) in [6.07, 6.45) is 2.47. The molecule has 0 unspecified atom stereocenters. The van der Waals surface area contributed by atoms with E-state index in [4.69, 9.17) is 5.11 Å². The summed E-state index contributed by atoms with van der Waals surface area (Å²) in [4.78, 5) is 23.4. The maximum Gasteiger partial charge on any atom is 0.305 e. The van der Waals surface area contributed by atoms with Crippen molar-refractivity contribution in [3.8, 4) is 0 Å². The van der Waals surface area contributed by atoms with Gasteiger partial charge in [0.25, 0.3) is 0 Å². The van der Waals surface area contributed by atoms with Gasteiger partial charge >= 0.3 is 5.97 Å². The van der Waals surface area contributed by atoms with E-state index in [0.29, 0.717) is 19.5 Å². The molecule has 1 amide bonds. The van der Waals surface area contributed by atoms with Gasteiger partial charge in [-0.3, -0.25) is 9.59 Å². The number of hydrogen-bond donors (Lipinski definition) is 1. The van der Waals surface area contributed by atoms with Crippen LogP contribution in [0.1, 0.15) is 19.8 Å². The lowest BCUT2D eigenvalue weighted by molar-refractivity contribution is -0.138. The number of carboxylic acids is 1. The SMILES string of the molecule is CCN(CCC(=O)O)C(=O)CCSC. The monoisotopic (exact) mass is 219 g/mol. The minimum absolute atomic E-state index is 0.0266. The van der Waals surface area contributed by atoms with Gasteiger partial charge in [-0.2, -0.15) is 11.8 Å². The number of carbonyl (C=O) groups excluding carboxylic acids is 1. The highest BCUT2D eigenvalue weighted by Crippen LogP contribution is 2.01. The van der Waals surface area contributed by atoms with Crippen molar-refractivity contribution in [3.63, 3.8) is 0 Å². The molecule has 0 heterocycles. The van der Waals surface area contributed by atoms with Crippen molar-refractivity contribution >= 4 is 23.6 Å². The van der Waals surface area contributed by atoms with Crippen molar-refractivity contribution in [2.45, 2.75) is 19.8 Å². The van der Waals surface area contributed by atoms with Crippen LogP contribution in [-0.4, -0.2) is 47.0 Å². The topological polar surface area (TPSA) is 57.6 Å². The molecule has 0 rings (SSSR count). The molecule has 0 spiro atoms. The van der Waals surface area contributed by atoms with Crippen LogP contribution >= 0.6 is 11.8 Å². The predicted octanol–water partition coefficient (Wildman–Crippen LogP) is 1.06. The van der Waals surface area contributed by atoms with Crippen LogP contribution in [0.5, 0.6) is 0 Å². The fourth-order valence-electron chi connectivity index (χ4n) is 1.04. The minimum atomic E-state index is -0.860. The molecule has 0 saturated heterocycles. The molecule has 0 aromatic rings. The van der Waals surface area contributed by atoms with Crippen LogP contribution in [-0.2, 0) is 9.59 Å². The number of aliphatic carboxylic acids is 1. The van der Waals surface area contributed by atoms with E-state index in [9.17, 15) is 9.59 Å². The van der Waals surface area contributed by atoms with E-state index >= 15 is 0 Å². The predicted molar refractivity (Wildman–Crippen MR) is 57.5 cm³/mol. The molecule has 82 valence electrons. The van der Waals surface area contributed by atoms with Gasteiger partial charge in [-0.25, -0.2) is 0 Å². The fraction of sp³-hybridized carbons (Fsp3) is 0.778. The molecule has 1 N–H and O–H groups in total. The Labute approximate surface area is 88.7 Å². The quantitative estimate of drug-likeness (QED) is 0.695. The van der Waals surface area contributed by atoms with Crippen molar-refractivity contribution < 1.29 is 14.7 Å². The van der Waals surface area contributed by atoms with E-state index in [-0.39, 0.29) is 12.3 Å². The second-order valence-electron chi connectivity index (χ2n) is 2.86. The van der Waals surface area contributed by atoms with E-state index in [0.717, 1.165) is 5.75 Å². The first-order chi connectivity index (χ1) is 6.61. The molecule has 4 nitrogen and oxygen atoms in total. The highest BCUT2D eigenvalue weighted by Gasteiger charge is 2.11. The normalized spacial score (nSPS) is 9.86. The molecule has 0 aliphatic rings. The van der Waals surface area contributed by atoms with Crippen molar-refractivity contribution in [2.75, 3.05) is 25.1 Å². The van der Waals surface area contributed by atoms with Gasteiger partial charge in [0.1, 0.15) is 0 Å². The molecule has 0 bridgehead atoms. The van der Waals surface area contributed by atoms with E-state index in [1.807, 2.05) is 13.2 Å². The average Bonchev–Trinajstić information content (AvgIpc) is 2.15. The second-order valence-corrected chi connectivity index (χ2v) is 3.85. The lowest BCUT2D eigenvalue weighted by Crippen LogP contribution is -2.32. The number of nitrogens with zero attached hydrogens (tertiary/aromatic N) is 1. The van der Waals surface area contributed by atoms with Gasteiger partial charge in [0.2, 0.25) is 5.91 Å². The highest BCUT2D eigenvalue weighted by atomic mass is 32.2. The zero-order valence-electron chi connectivity index (χ0n) is 8.65. The average molecular weight is 219 g/mol. The number of carbonyl (C=O) groups is 2. The van der Waals surface area contributed by atoms with Gasteiger partial charge in [-0.05, 0) is 13.2 Å². The van der Waals surface area contributed by atoms with E-state index in [1.54, 1.807) is 16.7 Å². The molecule has 14 heavy (non-hydrogen) atoms. The third-order valence-electron chi connectivity index (χ3n) is 1.85. The summed E-state index contributed by atoms with van der Waals surface area (Å²) in [5.74, 6) is -0.0215. The summed E-state index contributed by atoms with van der Waals surface area (Å²) >= 11 is 1.62. The summed E-state index contributed by atoms with van der Waals surface area (Å²) in [6, 6.07) is 0. The Balaban J connectivity index is 3.86. The summed E-state index contributed by atoms with van der Waals surface area (Å²) < 4.78 is 0. The van der Waals surface area contributed by atoms with Crippen LogP contribution in [0.15, 0.2) is 0 Å². The Morgan fingerprint density at radius 2 is 2.00 bits per heavy atom. The molecular formula is C9H17NO3S. The highest BCUT2D eigenvalue weighted by molar-refractivity contribution is 7.98. The maximum atomic E-state index is 11.5. The molecule has 0 atom stereocenters. The van der Waals surface area contributed by atoms with Gasteiger partial charge in [0.05, 0.1) is 6.42 Å². The Hall–Kier alpha value is -0.710. The number of rotatable bonds is 7. The molecule has 0 saturated carbocycles. The molecule has 5 heteroatoms. The largest absolute Gasteiger partial charge is 0.481 e.